The number of benzene rings is 1. The molecule has 9 nitrogen and oxygen atoms in total. The molecule has 186 valence electrons. The summed E-state index contributed by atoms with van der Waals surface area (Å²) < 4.78 is 13.2. The number of amides is 1. The number of aromatic nitrogens is 4. The number of carbonyl (C=O) groups is 1. The highest BCUT2D eigenvalue weighted by Crippen LogP contribution is 2.28. The summed E-state index contributed by atoms with van der Waals surface area (Å²) in [7, 11) is 0. The minimum atomic E-state index is -0.446. The molecular weight excluding hydrogens is 468 g/mol. The van der Waals surface area contributed by atoms with Crippen molar-refractivity contribution in [3.8, 4) is 5.69 Å². The predicted molar refractivity (Wildman–Crippen MR) is 135 cm³/mol. The second kappa shape index (κ2) is 9.83. The monoisotopic (exact) mass is 498 g/mol. The first-order chi connectivity index (χ1) is 16.5. The molecule has 3 atom stereocenters. The van der Waals surface area contributed by atoms with Crippen molar-refractivity contribution in [2.45, 2.75) is 65.3 Å². The van der Waals surface area contributed by atoms with Crippen molar-refractivity contribution in [2.75, 3.05) is 16.8 Å². The van der Waals surface area contributed by atoms with Crippen molar-refractivity contribution in [3.05, 3.63) is 59.0 Å². The number of nitrogens with zero attached hydrogens (tertiary/aromatic N) is 5. The van der Waals surface area contributed by atoms with Crippen molar-refractivity contribution < 1.29 is 14.3 Å². The van der Waals surface area contributed by atoms with E-state index in [1.165, 1.54) is 0 Å². The summed E-state index contributed by atoms with van der Waals surface area (Å²) in [6, 6.07) is 10.7. The molecule has 4 rings (SSSR count). The SMILES string of the molecule is Cc1cc(N2C(=O)OC[C@@H]2[C@@H](C)OC(C)(C)C)nc(N[C@@H](C)c2ccn(-c3ccc(Cl)cc3)n2)n1. The van der Waals surface area contributed by atoms with Gasteiger partial charge < -0.3 is 14.8 Å². The molecule has 1 aliphatic heterocycles. The molecule has 0 bridgehead atoms. The highest BCUT2D eigenvalue weighted by Gasteiger charge is 2.40. The van der Waals surface area contributed by atoms with E-state index in [0.717, 1.165) is 17.1 Å². The van der Waals surface area contributed by atoms with Gasteiger partial charge in [0.2, 0.25) is 5.95 Å². The molecule has 1 aromatic carbocycles. The Balaban J connectivity index is 1.53. The van der Waals surface area contributed by atoms with Crippen LogP contribution in [-0.4, -0.2) is 50.2 Å². The maximum atomic E-state index is 12.6. The van der Waals surface area contributed by atoms with Crippen LogP contribution in [0.3, 0.4) is 0 Å². The molecule has 3 heterocycles. The molecule has 0 radical (unpaired) electrons. The Morgan fingerprint density at radius 2 is 1.89 bits per heavy atom. The third-order valence-corrected chi connectivity index (χ3v) is 5.82. The molecule has 1 amide bonds. The molecule has 0 aliphatic carbocycles. The first-order valence-corrected chi connectivity index (χ1v) is 12.0. The van der Waals surface area contributed by atoms with E-state index in [1.807, 2.05) is 78.1 Å². The van der Waals surface area contributed by atoms with Gasteiger partial charge >= 0.3 is 6.09 Å². The number of halogens is 1. The summed E-state index contributed by atoms with van der Waals surface area (Å²) in [5.41, 5.74) is 2.10. The summed E-state index contributed by atoms with van der Waals surface area (Å²) in [5.74, 6) is 0.868. The van der Waals surface area contributed by atoms with Gasteiger partial charge in [0, 0.05) is 23.0 Å². The normalized spacial score (nSPS) is 17.9. The van der Waals surface area contributed by atoms with Gasteiger partial charge in [-0.3, -0.25) is 4.90 Å². The summed E-state index contributed by atoms with van der Waals surface area (Å²) in [6.45, 7) is 12.0. The standard InChI is InChI=1S/C25H31ClN6O3/c1-15-13-22(32-21(14-34-24(32)33)17(3)35-25(4,5)6)29-23(27-15)28-16(2)20-11-12-31(30-20)19-9-7-18(26)8-10-19/h7-13,16-17,21H,14H2,1-6H3,(H,27,28,29)/t16-,17+,21+/m0/s1. The van der Waals surface area contributed by atoms with Gasteiger partial charge in [0.1, 0.15) is 18.5 Å². The van der Waals surface area contributed by atoms with Crippen molar-refractivity contribution in [3.63, 3.8) is 0 Å². The van der Waals surface area contributed by atoms with Crippen molar-refractivity contribution in [1.82, 2.24) is 19.7 Å². The molecule has 2 aromatic heterocycles. The molecule has 35 heavy (non-hydrogen) atoms. The van der Waals surface area contributed by atoms with Crippen molar-refractivity contribution >= 4 is 29.5 Å². The average molecular weight is 499 g/mol. The Bertz CT molecular complexity index is 1190. The molecule has 1 fully saturated rings. The van der Waals surface area contributed by atoms with E-state index in [0.29, 0.717) is 16.8 Å². The van der Waals surface area contributed by atoms with Crippen LogP contribution in [0.25, 0.3) is 5.69 Å². The fourth-order valence-electron chi connectivity index (χ4n) is 4.00. The summed E-state index contributed by atoms with van der Waals surface area (Å²) >= 11 is 5.99. The number of hydrogen-bond acceptors (Lipinski definition) is 7. The Morgan fingerprint density at radius 1 is 1.17 bits per heavy atom. The first kappa shape index (κ1) is 24.9. The number of aryl methyl sites for hydroxylation is 1. The molecule has 0 unspecified atom stereocenters. The topological polar surface area (TPSA) is 94.4 Å². The van der Waals surface area contributed by atoms with Crippen molar-refractivity contribution in [2.24, 2.45) is 0 Å². The van der Waals surface area contributed by atoms with Crippen LogP contribution in [-0.2, 0) is 9.47 Å². The summed E-state index contributed by atoms with van der Waals surface area (Å²) in [5, 5.41) is 8.64. The van der Waals surface area contributed by atoms with E-state index in [2.05, 4.69) is 20.4 Å². The van der Waals surface area contributed by atoms with Gasteiger partial charge in [0.05, 0.1) is 29.1 Å². The second-order valence-electron chi connectivity index (χ2n) is 9.67. The van der Waals surface area contributed by atoms with E-state index in [9.17, 15) is 4.79 Å². The third-order valence-electron chi connectivity index (χ3n) is 5.56. The fourth-order valence-corrected chi connectivity index (χ4v) is 4.12. The van der Waals surface area contributed by atoms with Gasteiger partial charge in [-0.1, -0.05) is 11.6 Å². The lowest BCUT2D eigenvalue weighted by atomic mass is 10.1. The van der Waals surface area contributed by atoms with Crippen molar-refractivity contribution in [1.29, 1.82) is 0 Å². The quantitative estimate of drug-likeness (QED) is 0.470. The van der Waals surface area contributed by atoms with Crippen LogP contribution in [0.4, 0.5) is 16.6 Å². The smallest absolute Gasteiger partial charge is 0.416 e. The van der Waals surface area contributed by atoms with E-state index < -0.39 is 6.09 Å². The first-order valence-electron chi connectivity index (χ1n) is 11.6. The van der Waals surface area contributed by atoms with Gasteiger partial charge in [0.25, 0.3) is 0 Å². The summed E-state index contributed by atoms with van der Waals surface area (Å²) in [4.78, 5) is 23.3. The van der Waals surface area contributed by atoms with Crippen LogP contribution < -0.4 is 10.2 Å². The minimum Gasteiger partial charge on any atom is -0.447 e. The van der Waals surface area contributed by atoms with Gasteiger partial charge in [-0.05, 0) is 71.9 Å². The maximum absolute atomic E-state index is 12.6. The van der Waals surface area contributed by atoms with Crippen LogP contribution in [0.15, 0.2) is 42.6 Å². The van der Waals surface area contributed by atoms with Crippen LogP contribution in [0.2, 0.25) is 5.02 Å². The Hall–Kier alpha value is -3.17. The number of rotatable bonds is 7. The number of anilines is 2. The van der Waals surface area contributed by atoms with Crippen LogP contribution in [0.5, 0.6) is 0 Å². The predicted octanol–water partition coefficient (Wildman–Crippen LogP) is 5.33. The van der Waals surface area contributed by atoms with Gasteiger partial charge in [-0.25, -0.2) is 14.5 Å². The van der Waals surface area contributed by atoms with E-state index >= 15 is 0 Å². The average Bonchev–Trinajstić information content (AvgIpc) is 3.40. The zero-order chi connectivity index (χ0) is 25.3. The summed E-state index contributed by atoms with van der Waals surface area (Å²) in [6.07, 6.45) is 1.20. The lowest BCUT2D eigenvalue weighted by Crippen LogP contribution is -2.45. The number of cyclic esters (lactones) is 1. The van der Waals surface area contributed by atoms with E-state index in [4.69, 9.17) is 21.1 Å². The zero-order valence-electron chi connectivity index (χ0n) is 20.8. The molecule has 1 aliphatic rings. The Morgan fingerprint density at radius 3 is 2.57 bits per heavy atom. The number of ether oxygens (including phenoxy) is 2. The number of nitrogens with one attached hydrogen (secondary N) is 1. The van der Waals surface area contributed by atoms with Crippen LogP contribution >= 0.6 is 11.6 Å². The molecule has 3 aromatic rings. The minimum absolute atomic E-state index is 0.178. The number of carbonyl (C=O) groups excluding carboxylic acids is 1. The lowest BCUT2D eigenvalue weighted by molar-refractivity contribution is -0.0618. The Kier molecular flexibility index (Phi) is 7.00. The highest BCUT2D eigenvalue weighted by molar-refractivity contribution is 6.30. The van der Waals surface area contributed by atoms with Gasteiger partial charge in [-0.2, -0.15) is 10.1 Å². The molecule has 0 saturated carbocycles. The van der Waals surface area contributed by atoms with Gasteiger partial charge in [0.15, 0.2) is 0 Å². The van der Waals surface area contributed by atoms with Crippen LogP contribution in [0, 0.1) is 6.92 Å². The largest absolute Gasteiger partial charge is 0.447 e. The van der Waals surface area contributed by atoms with E-state index in [-0.39, 0.29) is 30.4 Å². The molecule has 1 saturated heterocycles. The van der Waals surface area contributed by atoms with E-state index in [1.54, 1.807) is 15.6 Å². The molecule has 1 N–H and O–H groups in total. The second-order valence-corrected chi connectivity index (χ2v) is 10.1. The maximum Gasteiger partial charge on any atom is 0.416 e. The lowest BCUT2D eigenvalue weighted by Gasteiger charge is -2.31. The van der Waals surface area contributed by atoms with Gasteiger partial charge in [-0.15, -0.1) is 0 Å². The molecular formula is C25H31ClN6O3. The molecule has 10 heteroatoms. The van der Waals surface area contributed by atoms with Crippen LogP contribution in [0.1, 0.15) is 52.0 Å². The molecule has 0 spiro atoms. The third kappa shape index (κ3) is 5.91. The zero-order valence-corrected chi connectivity index (χ0v) is 21.6. The Labute approximate surface area is 210 Å². The fraction of sp³-hybridized carbons (Fsp3) is 0.440. The number of hydrogen-bond donors (Lipinski definition) is 1. The highest BCUT2D eigenvalue weighted by atomic mass is 35.5.